The van der Waals surface area contributed by atoms with Crippen LogP contribution in [-0.4, -0.2) is 19.6 Å². The molecule has 7 aromatic rings. The lowest BCUT2D eigenvalue weighted by molar-refractivity contribution is 0.468. The van der Waals surface area contributed by atoms with E-state index in [9.17, 15) is 5.11 Å². The van der Waals surface area contributed by atoms with Crippen LogP contribution in [0, 0.1) is 13.8 Å². The second-order valence-corrected chi connectivity index (χ2v) is 10.3. The number of nitrogens with zero attached hydrogens (tertiary/aromatic N) is 4. The third-order valence-electron chi connectivity index (χ3n) is 7.48. The topological polar surface area (TPSA) is 54.2 Å². The molecule has 0 fully saturated rings. The summed E-state index contributed by atoms with van der Waals surface area (Å²) >= 11 is 0. The number of hydrogen-bond donors (Lipinski definition) is 1. The van der Waals surface area contributed by atoms with Crippen LogP contribution in [0.2, 0.25) is 0 Å². The lowest BCUT2D eigenvalue weighted by Gasteiger charge is -2.24. The fraction of sp³-hybridized carbons (Fsp3) is 0.0556. The zero-order valence-corrected chi connectivity index (χ0v) is 22.9. The molecule has 0 saturated heterocycles. The molecule has 3 aromatic heterocycles. The Hall–Kier alpha value is -5.42. The minimum Gasteiger partial charge on any atom is -0.505 e. The zero-order chi connectivity index (χ0) is 27.9. The van der Waals surface area contributed by atoms with Crippen molar-refractivity contribution < 1.29 is 5.11 Å². The number of rotatable bonds is 5. The highest BCUT2D eigenvalue weighted by atomic mass is 16.3. The molecule has 0 atom stereocenters. The van der Waals surface area contributed by atoms with Gasteiger partial charge in [-0.05, 0) is 85.6 Å². The van der Waals surface area contributed by atoms with E-state index >= 15 is 0 Å². The van der Waals surface area contributed by atoms with Gasteiger partial charge in [-0.25, -0.2) is 9.97 Å². The molecule has 41 heavy (non-hydrogen) atoms. The van der Waals surface area contributed by atoms with Gasteiger partial charge in [0.05, 0.1) is 16.9 Å². The predicted molar refractivity (Wildman–Crippen MR) is 168 cm³/mol. The summed E-state index contributed by atoms with van der Waals surface area (Å²) in [6.45, 7) is 3.98. The van der Waals surface area contributed by atoms with Crippen molar-refractivity contribution in [2.45, 2.75) is 13.8 Å². The molecule has 5 heteroatoms. The number of phenols is 1. The van der Waals surface area contributed by atoms with Crippen molar-refractivity contribution in [3.05, 3.63) is 139 Å². The Morgan fingerprint density at radius 1 is 0.683 bits per heavy atom. The summed E-state index contributed by atoms with van der Waals surface area (Å²) in [5, 5.41) is 13.3. The number of fused-ring (bicyclic) bond motifs is 3. The van der Waals surface area contributed by atoms with Crippen LogP contribution < -0.4 is 4.90 Å². The molecule has 0 aliphatic rings. The molecule has 0 radical (unpaired) electrons. The van der Waals surface area contributed by atoms with Crippen LogP contribution in [0.25, 0.3) is 38.9 Å². The summed E-state index contributed by atoms with van der Waals surface area (Å²) in [5.74, 6) is 1.10. The van der Waals surface area contributed by atoms with Gasteiger partial charge in [0.15, 0.2) is 0 Å². The molecule has 0 spiro atoms. The Morgan fingerprint density at radius 2 is 1.46 bits per heavy atom. The minimum atomic E-state index is 0.265. The fourth-order valence-corrected chi connectivity index (χ4v) is 5.63. The van der Waals surface area contributed by atoms with E-state index in [2.05, 4.69) is 75.1 Å². The number of pyridine rings is 2. The molecule has 3 heterocycles. The number of aromatic hydroxyl groups is 1. The van der Waals surface area contributed by atoms with E-state index in [1.807, 2.05) is 80.7 Å². The lowest BCUT2D eigenvalue weighted by atomic mass is 10.1. The van der Waals surface area contributed by atoms with Crippen LogP contribution in [0.1, 0.15) is 11.1 Å². The van der Waals surface area contributed by atoms with E-state index in [0.717, 1.165) is 67.2 Å². The van der Waals surface area contributed by atoms with Gasteiger partial charge < -0.3 is 5.11 Å². The van der Waals surface area contributed by atoms with Crippen molar-refractivity contribution in [2.75, 3.05) is 4.90 Å². The number of hydrogen-bond acceptors (Lipinski definition) is 4. The summed E-state index contributed by atoms with van der Waals surface area (Å²) in [5.41, 5.74) is 8.32. The summed E-state index contributed by atoms with van der Waals surface area (Å²) in [7, 11) is 0. The van der Waals surface area contributed by atoms with Crippen molar-refractivity contribution in [1.82, 2.24) is 14.5 Å². The molecule has 7 rings (SSSR count). The maximum absolute atomic E-state index is 11.2. The number of anilines is 3. The van der Waals surface area contributed by atoms with E-state index < -0.39 is 0 Å². The first-order chi connectivity index (χ1) is 20.1. The Bertz CT molecular complexity index is 1990. The van der Waals surface area contributed by atoms with Gasteiger partial charge >= 0.3 is 0 Å². The average Bonchev–Trinajstić information content (AvgIpc) is 3.34. The number of aromatic nitrogens is 3. The lowest BCUT2D eigenvalue weighted by Crippen LogP contribution is -2.11. The molecule has 0 amide bonds. The number of phenolic OH excluding ortho intramolecular Hbond substituents is 1. The zero-order valence-electron chi connectivity index (χ0n) is 22.9. The van der Waals surface area contributed by atoms with Gasteiger partial charge in [0.25, 0.3) is 0 Å². The van der Waals surface area contributed by atoms with Crippen molar-refractivity contribution in [3.63, 3.8) is 0 Å². The van der Waals surface area contributed by atoms with Crippen LogP contribution >= 0.6 is 0 Å². The average molecular weight is 533 g/mol. The first-order valence-corrected chi connectivity index (χ1v) is 13.7. The van der Waals surface area contributed by atoms with Crippen molar-refractivity contribution in [2.24, 2.45) is 0 Å². The van der Waals surface area contributed by atoms with E-state index in [1.165, 1.54) is 0 Å². The second-order valence-electron chi connectivity index (χ2n) is 10.3. The molecule has 0 bridgehead atoms. The smallest absolute Gasteiger partial charge is 0.146 e. The van der Waals surface area contributed by atoms with Gasteiger partial charge in [0.2, 0.25) is 0 Å². The maximum Gasteiger partial charge on any atom is 0.146 e. The third-order valence-corrected chi connectivity index (χ3v) is 7.48. The van der Waals surface area contributed by atoms with Crippen LogP contribution in [0.15, 0.2) is 128 Å². The number of para-hydroxylation sites is 2. The van der Waals surface area contributed by atoms with Crippen molar-refractivity contribution in [3.8, 4) is 22.7 Å². The monoisotopic (exact) mass is 532 g/mol. The Balaban J connectivity index is 1.43. The van der Waals surface area contributed by atoms with Crippen LogP contribution in [0.4, 0.5) is 17.2 Å². The highest BCUT2D eigenvalue weighted by Gasteiger charge is 2.19. The van der Waals surface area contributed by atoms with E-state index in [0.29, 0.717) is 0 Å². The molecule has 0 unspecified atom stereocenters. The summed E-state index contributed by atoms with van der Waals surface area (Å²) in [4.78, 5) is 12.0. The van der Waals surface area contributed by atoms with Gasteiger partial charge in [-0.3, -0.25) is 9.47 Å². The second kappa shape index (κ2) is 9.96. The number of aryl methyl sites for hydroxylation is 2. The van der Waals surface area contributed by atoms with Crippen LogP contribution in [0.3, 0.4) is 0 Å². The van der Waals surface area contributed by atoms with E-state index in [4.69, 9.17) is 4.98 Å². The first-order valence-electron chi connectivity index (χ1n) is 13.7. The highest BCUT2D eigenvalue weighted by Crippen LogP contribution is 2.38. The van der Waals surface area contributed by atoms with Gasteiger partial charge in [0, 0.05) is 33.9 Å². The first kappa shape index (κ1) is 24.6. The van der Waals surface area contributed by atoms with Crippen molar-refractivity contribution >= 4 is 39.1 Å². The Morgan fingerprint density at radius 3 is 2.29 bits per heavy atom. The predicted octanol–water partition coefficient (Wildman–Crippen LogP) is 9.03. The standard InChI is InChI=1S/C36H28N4O/c1-24-21-25(2)35(41)33(22-24)40-32-16-7-6-15-29(32)30-18-19-31(38-36(30)40)26-11-10-14-28(23-26)39(27-12-4-3-5-13-27)34-17-8-9-20-37-34/h3-23,41H,1-2H3. The van der Waals surface area contributed by atoms with Crippen LogP contribution in [0.5, 0.6) is 5.75 Å². The molecule has 198 valence electrons. The van der Waals surface area contributed by atoms with Gasteiger partial charge in [0.1, 0.15) is 17.2 Å². The van der Waals surface area contributed by atoms with Gasteiger partial charge in [-0.1, -0.05) is 60.7 Å². The van der Waals surface area contributed by atoms with Gasteiger partial charge in [-0.15, -0.1) is 0 Å². The largest absolute Gasteiger partial charge is 0.505 e. The SMILES string of the molecule is Cc1cc(C)c(O)c(-n2c3ccccc3c3ccc(-c4cccc(N(c5ccccc5)c5ccccn5)c4)nc32)c1. The quantitative estimate of drug-likeness (QED) is 0.240. The molecular weight excluding hydrogens is 504 g/mol. The third kappa shape index (κ3) is 4.28. The summed E-state index contributed by atoms with van der Waals surface area (Å²) in [6, 6.07) is 41.1. The molecule has 1 N–H and O–H groups in total. The molecular formula is C36H28N4O. The number of benzene rings is 4. The Labute approximate surface area is 238 Å². The molecule has 5 nitrogen and oxygen atoms in total. The molecule has 0 aliphatic heterocycles. The minimum absolute atomic E-state index is 0.265. The highest BCUT2D eigenvalue weighted by molar-refractivity contribution is 6.08. The fourth-order valence-electron chi connectivity index (χ4n) is 5.63. The molecule has 0 aliphatic carbocycles. The normalized spacial score (nSPS) is 11.3. The molecule has 0 saturated carbocycles. The maximum atomic E-state index is 11.2. The molecule has 4 aromatic carbocycles. The van der Waals surface area contributed by atoms with E-state index in [-0.39, 0.29) is 5.75 Å². The Kier molecular flexibility index (Phi) is 5.98. The summed E-state index contributed by atoms with van der Waals surface area (Å²) in [6.07, 6.45) is 1.81. The van der Waals surface area contributed by atoms with E-state index in [1.54, 1.807) is 0 Å². The van der Waals surface area contributed by atoms with Gasteiger partial charge in [-0.2, -0.15) is 0 Å². The summed E-state index contributed by atoms with van der Waals surface area (Å²) < 4.78 is 2.08. The van der Waals surface area contributed by atoms with Crippen LogP contribution in [-0.2, 0) is 0 Å². The van der Waals surface area contributed by atoms with Crippen molar-refractivity contribution in [1.29, 1.82) is 0 Å².